The summed E-state index contributed by atoms with van der Waals surface area (Å²) in [6.45, 7) is 4.54. The average molecular weight is 266 g/mol. The summed E-state index contributed by atoms with van der Waals surface area (Å²) in [5.41, 5.74) is 7.02. The molecule has 106 valence electrons. The zero-order chi connectivity index (χ0) is 13.8. The maximum Gasteiger partial charge on any atom is 0.257 e. The Morgan fingerprint density at radius 1 is 1.53 bits per heavy atom. The summed E-state index contributed by atoms with van der Waals surface area (Å²) in [6.07, 6.45) is 3.65. The Labute approximate surface area is 113 Å². The molecular weight excluding hydrogens is 244 g/mol. The quantitative estimate of drug-likeness (QED) is 0.851. The van der Waals surface area contributed by atoms with Crippen molar-refractivity contribution in [1.82, 2.24) is 14.7 Å². The zero-order valence-corrected chi connectivity index (χ0v) is 11.6. The number of likely N-dealkylation sites (tertiary alicyclic amines) is 1. The van der Waals surface area contributed by atoms with Gasteiger partial charge in [0.05, 0.1) is 24.5 Å². The smallest absolute Gasteiger partial charge is 0.257 e. The van der Waals surface area contributed by atoms with E-state index in [2.05, 4.69) is 5.10 Å². The fourth-order valence-corrected chi connectivity index (χ4v) is 2.34. The number of nitrogens with zero attached hydrogens (tertiary/aromatic N) is 3. The predicted molar refractivity (Wildman–Crippen MR) is 71.9 cm³/mol. The molecule has 0 unspecified atom stereocenters. The third-order valence-electron chi connectivity index (χ3n) is 3.67. The third-order valence-corrected chi connectivity index (χ3v) is 3.67. The van der Waals surface area contributed by atoms with Gasteiger partial charge in [-0.15, -0.1) is 0 Å². The number of ether oxygens (including phenoxy) is 1. The Balaban J connectivity index is 1.91. The van der Waals surface area contributed by atoms with Crippen LogP contribution in [0.1, 0.15) is 28.9 Å². The van der Waals surface area contributed by atoms with Crippen LogP contribution in [0.2, 0.25) is 0 Å². The van der Waals surface area contributed by atoms with Gasteiger partial charge in [-0.3, -0.25) is 9.48 Å². The number of carbonyl (C=O) groups excluding carboxylic acids is 1. The molecule has 19 heavy (non-hydrogen) atoms. The minimum atomic E-state index is 0.0721. The van der Waals surface area contributed by atoms with E-state index >= 15 is 0 Å². The molecule has 1 saturated heterocycles. The number of carbonyl (C=O) groups is 1. The second kappa shape index (κ2) is 6.16. The van der Waals surface area contributed by atoms with Crippen molar-refractivity contribution in [2.24, 2.45) is 12.8 Å². The van der Waals surface area contributed by atoms with Crippen molar-refractivity contribution in [3.05, 3.63) is 17.5 Å². The number of piperidine rings is 1. The molecule has 6 heteroatoms. The maximum absolute atomic E-state index is 12.4. The van der Waals surface area contributed by atoms with Gasteiger partial charge in [-0.2, -0.15) is 5.10 Å². The summed E-state index contributed by atoms with van der Waals surface area (Å²) in [5.74, 6) is 0.0721. The van der Waals surface area contributed by atoms with Crippen LogP contribution in [0.25, 0.3) is 0 Å². The second-order valence-corrected chi connectivity index (χ2v) is 4.92. The van der Waals surface area contributed by atoms with E-state index in [1.54, 1.807) is 10.9 Å². The molecule has 1 aliphatic heterocycles. The van der Waals surface area contributed by atoms with Gasteiger partial charge in [0.2, 0.25) is 0 Å². The van der Waals surface area contributed by atoms with Gasteiger partial charge < -0.3 is 15.4 Å². The van der Waals surface area contributed by atoms with E-state index in [1.165, 1.54) is 0 Å². The fraction of sp³-hybridized carbons (Fsp3) is 0.692. The molecule has 1 aromatic rings. The van der Waals surface area contributed by atoms with Crippen molar-refractivity contribution in [3.8, 4) is 0 Å². The van der Waals surface area contributed by atoms with Crippen LogP contribution >= 0.6 is 0 Å². The minimum Gasteiger partial charge on any atom is -0.377 e. The molecule has 0 aliphatic carbocycles. The van der Waals surface area contributed by atoms with Crippen molar-refractivity contribution in [3.63, 3.8) is 0 Å². The molecule has 0 aromatic carbocycles. The van der Waals surface area contributed by atoms with E-state index in [4.69, 9.17) is 10.5 Å². The molecule has 0 atom stereocenters. The zero-order valence-electron chi connectivity index (χ0n) is 11.6. The van der Waals surface area contributed by atoms with Crippen molar-refractivity contribution < 1.29 is 9.53 Å². The van der Waals surface area contributed by atoms with Gasteiger partial charge in [0.15, 0.2) is 0 Å². The van der Waals surface area contributed by atoms with Crippen molar-refractivity contribution in [2.75, 3.05) is 26.2 Å². The summed E-state index contributed by atoms with van der Waals surface area (Å²) in [5, 5.41) is 4.12. The number of nitrogens with two attached hydrogens (primary N) is 1. The summed E-state index contributed by atoms with van der Waals surface area (Å²) in [4.78, 5) is 14.2. The monoisotopic (exact) mass is 266 g/mol. The van der Waals surface area contributed by atoms with Gasteiger partial charge in [-0.05, 0) is 19.8 Å². The number of rotatable bonds is 4. The highest BCUT2D eigenvalue weighted by atomic mass is 16.5. The molecule has 1 aliphatic rings. The average Bonchev–Trinajstić information content (AvgIpc) is 2.76. The number of hydrogen-bond donors (Lipinski definition) is 1. The van der Waals surface area contributed by atoms with E-state index in [1.807, 2.05) is 18.9 Å². The number of aryl methyl sites for hydroxylation is 1. The molecule has 0 radical (unpaired) electrons. The lowest BCUT2D eigenvalue weighted by atomic mass is 10.1. The second-order valence-electron chi connectivity index (χ2n) is 4.92. The number of hydrogen-bond acceptors (Lipinski definition) is 4. The molecule has 6 nitrogen and oxygen atoms in total. The molecule has 0 bridgehead atoms. The predicted octanol–water partition coefficient (Wildman–Crippen LogP) is 0.308. The summed E-state index contributed by atoms with van der Waals surface area (Å²) in [6, 6.07) is 0. The SMILES string of the molecule is Cc1c(C(=O)N2CCC(OCCN)CC2)cnn1C. The minimum absolute atomic E-state index is 0.0721. The Morgan fingerprint density at radius 2 is 2.21 bits per heavy atom. The molecule has 0 spiro atoms. The molecule has 1 fully saturated rings. The van der Waals surface area contributed by atoms with Crippen LogP contribution in [0.5, 0.6) is 0 Å². The highest BCUT2D eigenvalue weighted by Gasteiger charge is 2.25. The fourth-order valence-electron chi connectivity index (χ4n) is 2.34. The molecule has 0 saturated carbocycles. The van der Waals surface area contributed by atoms with E-state index in [0.29, 0.717) is 18.7 Å². The highest BCUT2D eigenvalue weighted by Crippen LogP contribution is 2.17. The van der Waals surface area contributed by atoms with Crippen molar-refractivity contribution in [2.45, 2.75) is 25.9 Å². The van der Waals surface area contributed by atoms with Crippen LogP contribution in [-0.2, 0) is 11.8 Å². The molecule has 1 aromatic heterocycles. The molecular formula is C13H22N4O2. The number of aromatic nitrogens is 2. The van der Waals surface area contributed by atoms with E-state index in [0.717, 1.165) is 31.6 Å². The van der Waals surface area contributed by atoms with Crippen LogP contribution in [0.3, 0.4) is 0 Å². The topological polar surface area (TPSA) is 73.4 Å². The first-order chi connectivity index (χ1) is 9.13. The number of amides is 1. The van der Waals surface area contributed by atoms with Crippen LogP contribution in [0, 0.1) is 6.92 Å². The lowest BCUT2D eigenvalue weighted by Crippen LogP contribution is -2.41. The molecule has 2 N–H and O–H groups in total. The van der Waals surface area contributed by atoms with E-state index in [9.17, 15) is 4.79 Å². The van der Waals surface area contributed by atoms with Crippen LogP contribution < -0.4 is 5.73 Å². The van der Waals surface area contributed by atoms with Gasteiger partial charge in [0, 0.05) is 32.4 Å². The van der Waals surface area contributed by atoms with Gasteiger partial charge in [-0.25, -0.2) is 0 Å². The van der Waals surface area contributed by atoms with Crippen LogP contribution in [-0.4, -0.2) is 52.9 Å². The van der Waals surface area contributed by atoms with Crippen LogP contribution in [0.4, 0.5) is 0 Å². The van der Waals surface area contributed by atoms with Gasteiger partial charge in [0.1, 0.15) is 0 Å². The molecule has 2 heterocycles. The maximum atomic E-state index is 12.4. The third kappa shape index (κ3) is 3.13. The Morgan fingerprint density at radius 3 is 2.74 bits per heavy atom. The van der Waals surface area contributed by atoms with Crippen molar-refractivity contribution >= 4 is 5.91 Å². The van der Waals surface area contributed by atoms with Gasteiger partial charge in [0.25, 0.3) is 5.91 Å². The van der Waals surface area contributed by atoms with Crippen molar-refractivity contribution in [1.29, 1.82) is 0 Å². The highest BCUT2D eigenvalue weighted by molar-refractivity contribution is 5.95. The van der Waals surface area contributed by atoms with Gasteiger partial charge >= 0.3 is 0 Å². The first-order valence-electron chi connectivity index (χ1n) is 6.73. The van der Waals surface area contributed by atoms with E-state index in [-0.39, 0.29) is 12.0 Å². The largest absolute Gasteiger partial charge is 0.377 e. The Bertz CT molecular complexity index is 436. The summed E-state index contributed by atoms with van der Waals surface area (Å²) < 4.78 is 7.34. The van der Waals surface area contributed by atoms with Crippen LogP contribution in [0.15, 0.2) is 6.20 Å². The standard InChI is InChI=1S/C13H22N4O2/c1-10-12(9-15-16(10)2)13(18)17-6-3-11(4-7-17)19-8-5-14/h9,11H,3-8,14H2,1-2H3. The van der Waals surface area contributed by atoms with Gasteiger partial charge in [-0.1, -0.05) is 0 Å². The Kier molecular flexibility index (Phi) is 4.55. The van der Waals surface area contributed by atoms with E-state index < -0.39 is 0 Å². The summed E-state index contributed by atoms with van der Waals surface area (Å²) in [7, 11) is 1.85. The first-order valence-corrected chi connectivity index (χ1v) is 6.73. The summed E-state index contributed by atoms with van der Waals surface area (Å²) >= 11 is 0. The lowest BCUT2D eigenvalue weighted by molar-refractivity contribution is 0.0121. The first kappa shape index (κ1) is 14.0. The Hall–Kier alpha value is -1.40. The normalized spacial score (nSPS) is 16.9. The molecule has 2 rings (SSSR count). The lowest BCUT2D eigenvalue weighted by Gasteiger charge is -2.31. The molecule has 1 amide bonds.